The maximum absolute atomic E-state index is 12.0. The van der Waals surface area contributed by atoms with Gasteiger partial charge in [0.15, 0.2) is 0 Å². The smallest absolute Gasteiger partial charge is 0.290 e. The highest BCUT2D eigenvalue weighted by atomic mass is 16.2. The molecule has 1 aromatic heterocycles. The summed E-state index contributed by atoms with van der Waals surface area (Å²) >= 11 is 0. The number of nitrogens with zero attached hydrogens (tertiary/aromatic N) is 2. The number of amides is 1. The first kappa shape index (κ1) is 14.8. The number of hydrogen-bond donors (Lipinski definition) is 2. The number of carbonyl (C=O) groups excluding carboxylic acids is 1. The molecule has 0 atom stereocenters. The van der Waals surface area contributed by atoms with Gasteiger partial charge >= 0.3 is 0 Å². The molecule has 1 aliphatic rings. The first-order valence-electron chi connectivity index (χ1n) is 7.36. The number of rotatable bonds is 4. The highest BCUT2D eigenvalue weighted by molar-refractivity contribution is 5.90. The van der Waals surface area contributed by atoms with Crippen molar-refractivity contribution < 1.29 is 4.79 Å². The second-order valence-corrected chi connectivity index (χ2v) is 6.37. The quantitative estimate of drug-likeness (QED) is 0.831. The van der Waals surface area contributed by atoms with Gasteiger partial charge in [-0.05, 0) is 32.1 Å². The minimum atomic E-state index is -0.201. The number of aromatic nitrogens is 3. The molecule has 1 heterocycles. The van der Waals surface area contributed by atoms with E-state index in [-0.39, 0.29) is 17.1 Å². The Bertz CT molecular complexity index is 496. The number of hydrogen-bond acceptors (Lipinski definition) is 3. The minimum absolute atomic E-state index is 0.127. The molecule has 2 N–H and O–H groups in total. The van der Waals surface area contributed by atoms with Crippen LogP contribution in [0.4, 0.5) is 0 Å². The van der Waals surface area contributed by atoms with Gasteiger partial charge in [-0.1, -0.05) is 32.4 Å². The second kappa shape index (κ2) is 6.20. The van der Waals surface area contributed by atoms with Gasteiger partial charge in [0.05, 0.1) is 0 Å². The molecule has 0 saturated heterocycles. The van der Waals surface area contributed by atoms with E-state index in [1.807, 2.05) is 20.8 Å². The van der Waals surface area contributed by atoms with E-state index in [0.717, 1.165) is 12.2 Å². The molecule has 110 valence electrons. The third-order valence-electron chi connectivity index (χ3n) is 3.52. The molecule has 20 heavy (non-hydrogen) atoms. The maximum Gasteiger partial charge on any atom is 0.290 e. The van der Waals surface area contributed by atoms with Gasteiger partial charge in [-0.25, -0.2) is 4.98 Å². The standard InChI is InChI=1S/C15H24N4O/c1-15(2,3)14-17-12(18-19-14)13(20)16-10-9-11-7-5-4-6-8-11/h7H,4-6,8-10H2,1-3H3,(H,16,20)(H,17,18,19). The van der Waals surface area contributed by atoms with Crippen molar-refractivity contribution in [1.29, 1.82) is 0 Å². The molecule has 5 nitrogen and oxygen atoms in total. The lowest BCUT2D eigenvalue weighted by atomic mass is 9.96. The zero-order valence-electron chi connectivity index (χ0n) is 12.6. The molecule has 1 aromatic rings. The molecule has 0 bridgehead atoms. The molecule has 2 rings (SSSR count). The van der Waals surface area contributed by atoms with Crippen LogP contribution in [0.5, 0.6) is 0 Å². The van der Waals surface area contributed by atoms with Crippen LogP contribution >= 0.6 is 0 Å². The first-order chi connectivity index (χ1) is 9.47. The molecule has 0 fully saturated rings. The summed E-state index contributed by atoms with van der Waals surface area (Å²) in [7, 11) is 0. The van der Waals surface area contributed by atoms with Crippen molar-refractivity contribution >= 4 is 5.91 Å². The molecule has 0 aliphatic heterocycles. The number of aromatic amines is 1. The molecule has 0 radical (unpaired) electrons. The van der Waals surface area contributed by atoms with Crippen molar-refractivity contribution in [2.75, 3.05) is 6.54 Å². The molecule has 0 unspecified atom stereocenters. The zero-order valence-corrected chi connectivity index (χ0v) is 12.6. The Balaban J connectivity index is 1.83. The predicted octanol–water partition coefficient (Wildman–Crippen LogP) is 2.72. The van der Waals surface area contributed by atoms with E-state index in [4.69, 9.17) is 0 Å². The molecule has 1 amide bonds. The Labute approximate surface area is 120 Å². The van der Waals surface area contributed by atoms with E-state index in [9.17, 15) is 4.79 Å². The van der Waals surface area contributed by atoms with Crippen LogP contribution in [-0.2, 0) is 5.41 Å². The summed E-state index contributed by atoms with van der Waals surface area (Å²) in [5, 5.41) is 9.70. The van der Waals surface area contributed by atoms with Crippen LogP contribution in [0.15, 0.2) is 11.6 Å². The van der Waals surface area contributed by atoms with E-state index >= 15 is 0 Å². The van der Waals surface area contributed by atoms with Crippen LogP contribution in [0.25, 0.3) is 0 Å². The molecule has 5 heteroatoms. The van der Waals surface area contributed by atoms with Crippen LogP contribution in [0.1, 0.15) is 69.3 Å². The van der Waals surface area contributed by atoms with Gasteiger partial charge in [0.25, 0.3) is 5.91 Å². The van der Waals surface area contributed by atoms with Crippen LogP contribution < -0.4 is 5.32 Å². The zero-order chi connectivity index (χ0) is 14.6. The SMILES string of the molecule is CC(C)(C)c1nc(C(=O)NCCC2=CCCCC2)n[nH]1. The van der Waals surface area contributed by atoms with Gasteiger partial charge in [0.1, 0.15) is 5.82 Å². The topological polar surface area (TPSA) is 70.7 Å². The van der Waals surface area contributed by atoms with Crippen molar-refractivity contribution in [3.05, 3.63) is 23.3 Å². The summed E-state index contributed by atoms with van der Waals surface area (Å²) < 4.78 is 0. The van der Waals surface area contributed by atoms with Gasteiger partial charge < -0.3 is 5.32 Å². The number of carbonyl (C=O) groups is 1. The van der Waals surface area contributed by atoms with Gasteiger partial charge in [-0.3, -0.25) is 9.89 Å². The van der Waals surface area contributed by atoms with Gasteiger partial charge in [0.2, 0.25) is 5.82 Å². The van der Waals surface area contributed by atoms with Gasteiger partial charge in [-0.2, -0.15) is 0 Å². The molecular weight excluding hydrogens is 252 g/mol. The van der Waals surface area contributed by atoms with Gasteiger partial charge in [0, 0.05) is 12.0 Å². The highest BCUT2D eigenvalue weighted by Crippen LogP contribution is 2.19. The summed E-state index contributed by atoms with van der Waals surface area (Å²) in [6.45, 7) is 6.75. The van der Waals surface area contributed by atoms with Crippen LogP contribution in [-0.4, -0.2) is 27.6 Å². The normalized spacial score (nSPS) is 15.8. The first-order valence-corrected chi connectivity index (χ1v) is 7.36. The third-order valence-corrected chi connectivity index (χ3v) is 3.52. The van der Waals surface area contributed by atoms with Crippen molar-refractivity contribution in [3.63, 3.8) is 0 Å². The fourth-order valence-corrected chi connectivity index (χ4v) is 2.25. The summed E-state index contributed by atoms with van der Waals surface area (Å²) in [5.41, 5.74) is 1.33. The number of nitrogens with one attached hydrogen (secondary N) is 2. The lowest BCUT2D eigenvalue weighted by molar-refractivity contribution is 0.0944. The second-order valence-electron chi connectivity index (χ2n) is 6.37. The van der Waals surface area contributed by atoms with E-state index in [1.54, 1.807) is 0 Å². The fourth-order valence-electron chi connectivity index (χ4n) is 2.25. The van der Waals surface area contributed by atoms with Crippen molar-refractivity contribution in [3.8, 4) is 0 Å². The predicted molar refractivity (Wildman–Crippen MR) is 78.6 cm³/mol. The Morgan fingerprint density at radius 2 is 2.20 bits per heavy atom. The number of allylic oxidation sites excluding steroid dienone is 1. The molecule has 0 aromatic carbocycles. The Hall–Kier alpha value is -1.65. The Morgan fingerprint density at radius 3 is 2.80 bits per heavy atom. The van der Waals surface area contributed by atoms with E-state index < -0.39 is 0 Å². The minimum Gasteiger partial charge on any atom is -0.349 e. The molecule has 1 aliphatic carbocycles. The molecule has 0 saturated carbocycles. The average Bonchev–Trinajstić information content (AvgIpc) is 2.89. The van der Waals surface area contributed by atoms with E-state index in [0.29, 0.717) is 6.54 Å². The Morgan fingerprint density at radius 1 is 1.40 bits per heavy atom. The van der Waals surface area contributed by atoms with Crippen LogP contribution in [0, 0.1) is 0 Å². The van der Waals surface area contributed by atoms with Crippen molar-refractivity contribution in [2.24, 2.45) is 0 Å². The largest absolute Gasteiger partial charge is 0.349 e. The number of H-pyrrole nitrogens is 1. The Kier molecular flexibility index (Phi) is 4.57. The average molecular weight is 276 g/mol. The third kappa shape index (κ3) is 3.92. The van der Waals surface area contributed by atoms with Crippen molar-refractivity contribution in [2.45, 2.75) is 58.3 Å². The summed E-state index contributed by atoms with van der Waals surface area (Å²) in [6.07, 6.45) is 8.16. The monoisotopic (exact) mass is 276 g/mol. The maximum atomic E-state index is 12.0. The highest BCUT2D eigenvalue weighted by Gasteiger charge is 2.21. The lowest BCUT2D eigenvalue weighted by Gasteiger charge is -2.13. The van der Waals surface area contributed by atoms with Crippen LogP contribution in [0.2, 0.25) is 0 Å². The van der Waals surface area contributed by atoms with E-state index in [1.165, 1.54) is 31.3 Å². The van der Waals surface area contributed by atoms with E-state index in [2.05, 4.69) is 26.6 Å². The summed E-state index contributed by atoms with van der Waals surface area (Å²) in [4.78, 5) is 16.2. The van der Waals surface area contributed by atoms with Crippen molar-refractivity contribution in [1.82, 2.24) is 20.5 Å². The molecular formula is C15H24N4O. The molecule has 0 spiro atoms. The van der Waals surface area contributed by atoms with Crippen LogP contribution in [0.3, 0.4) is 0 Å². The lowest BCUT2D eigenvalue weighted by Crippen LogP contribution is -2.26. The summed E-state index contributed by atoms with van der Waals surface area (Å²) in [6, 6.07) is 0. The fraction of sp³-hybridized carbons (Fsp3) is 0.667. The van der Waals surface area contributed by atoms with Gasteiger partial charge in [-0.15, -0.1) is 5.10 Å². The summed E-state index contributed by atoms with van der Waals surface area (Å²) in [5.74, 6) is 0.762.